The van der Waals surface area contributed by atoms with Crippen molar-refractivity contribution in [3.63, 3.8) is 0 Å². The topological polar surface area (TPSA) is 49.4 Å². The molecule has 0 saturated carbocycles. The van der Waals surface area contributed by atoms with Crippen LogP contribution in [0.15, 0.2) is 60.7 Å². The number of hydrogen-bond donors (Lipinski definition) is 1. The van der Waals surface area contributed by atoms with E-state index >= 15 is 0 Å². The molecule has 1 saturated heterocycles. The maximum atomic E-state index is 14.0. The Morgan fingerprint density at radius 3 is 2.73 bits per heavy atom. The molecule has 1 aliphatic heterocycles. The number of halogens is 2. The summed E-state index contributed by atoms with van der Waals surface area (Å²) in [4.78, 5) is 27.3. The molecule has 30 heavy (non-hydrogen) atoms. The van der Waals surface area contributed by atoms with Gasteiger partial charge in [0.1, 0.15) is 5.82 Å². The van der Waals surface area contributed by atoms with Gasteiger partial charge in [-0.25, -0.2) is 4.39 Å². The molecule has 1 atom stereocenters. The first kappa shape index (κ1) is 20.4. The molecule has 1 heterocycles. The maximum absolute atomic E-state index is 14.0. The zero-order valence-corrected chi connectivity index (χ0v) is 17.2. The van der Waals surface area contributed by atoms with Crippen molar-refractivity contribution in [3.05, 3.63) is 77.1 Å². The largest absolute Gasteiger partial charge is 0.342 e. The van der Waals surface area contributed by atoms with Gasteiger partial charge in [0, 0.05) is 18.1 Å². The quantitative estimate of drug-likeness (QED) is 0.637. The van der Waals surface area contributed by atoms with E-state index in [2.05, 4.69) is 5.32 Å². The minimum absolute atomic E-state index is 0.00141. The summed E-state index contributed by atoms with van der Waals surface area (Å²) in [6, 6.07) is 18.1. The van der Waals surface area contributed by atoms with E-state index in [1.807, 2.05) is 42.5 Å². The lowest BCUT2D eigenvalue weighted by molar-refractivity contribution is -0.133. The second-order valence-corrected chi connectivity index (χ2v) is 8.04. The normalized spacial score (nSPS) is 16.5. The van der Waals surface area contributed by atoms with E-state index in [0.29, 0.717) is 25.9 Å². The smallest absolute Gasteiger partial charge is 0.229 e. The summed E-state index contributed by atoms with van der Waals surface area (Å²) in [7, 11) is 0. The standard InChI is InChI=1S/C24H22ClFN2O2/c25-19-10-11-22(21(26)14-19)27-24(30)18-8-4-12-28(15-18)23(29)13-17-7-3-6-16-5-1-2-9-20(16)17/h1-3,5-7,9-11,14,18H,4,8,12-13,15H2,(H,27,30). The van der Waals surface area contributed by atoms with Gasteiger partial charge in [-0.3, -0.25) is 9.59 Å². The average molecular weight is 425 g/mol. The summed E-state index contributed by atoms with van der Waals surface area (Å²) in [6.07, 6.45) is 1.70. The molecule has 1 N–H and O–H groups in total. The molecule has 0 spiro atoms. The fourth-order valence-electron chi connectivity index (χ4n) is 3.96. The van der Waals surface area contributed by atoms with E-state index in [-0.39, 0.29) is 28.4 Å². The summed E-state index contributed by atoms with van der Waals surface area (Å²) in [5.41, 5.74) is 1.08. The Hall–Kier alpha value is -2.92. The number of piperidine rings is 1. The fraction of sp³-hybridized carbons (Fsp3) is 0.250. The van der Waals surface area contributed by atoms with Crippen molar-refractivity contribution in [2.45, 2.75) is 19.3 Å². The number of benzene rings is 3. The predicted octanol–water partition coefficient (Wildman–Crippen LogP) is 5.05. The van der Waals surface area contributed by atoms with Gasteiger partial charge in [-0.2, -0.15) is 0 Å². The molecular formula is C24H22ClFN2O2. The van der Waals surface area contributed by atoms with Crippen molar-refractivity contribution < 1.29 is 14.0 Å². The molecule has 0 radical (unpaired) electrons. The van der Waals surface area contributed by atoms with E-state index in [1.165, 1.54) is 12.1 Å². The third kappa shape index (κ3) is 4.46. The minimum atomic E-state index is -0.574. The van der Waals surface area contributed by atoms with Crippen LogP contribution in [0.2, 0.25) is 5.02 Å². The lowest BCUT2D eigenvalue weighted by Crippen LogP contribution is -2.44. The van der Waals surface area contributed by atoms with Crippen LogP contribution in [0.3, 0.4) is 0 Å². The number of likely N-dealkylation sites (tertiary alicyclic amines) is 1. The number of amides is 2. The van der Waals surface area contributed by atoms with E-state index in [0.717, 1.165) is 28.8 Å². The third-order valence-corrected chi connectivity index (χ3v) is 5.79. The summed E-state index contributed by atoms with van der Waals surface area (Å²) in [6.45, 7) is 0.966. The van der Waals surface area contributed by atoms with Crippen LogP contribution >= 0.6 is 11.6 Å². The number of nitrogens with one attached hydrogen (secondary N) is 1. The highest BCUT2D eigenvalue weighted by molar-refractivity contribution is 6.30. The number of carbonyl (C=O) groups excluding carboxylic acids is 2. The summed E-state index contributed by atoms with van der Waals surface area (Å²) in [5.74, 6) is -1.22. The first-order chi connectivity index (χ1) is 14.5. The summed E-state index contributed by atoms with van der Waals surface area (Å²) in [5, 5.41) is 5.07. The van der Waals surface area contributed by atoms with Crippen molar-refractivity contribution in [3.8, 4) is 0 Å². The molecule has 0 aliphatic carbocycles. The first-order valence-corrected chi connectivity index (χ1v) is 10.4. The highest BCUT2D eigenvalue weighted by Gasteiger charge is 2.29. The van der Waals surface area contributed by atoms with Gasteiger partial charge < -0.3 is 10.2 Å². The Balaban J connectivity index is 1.43. The van der Waals surface area contributed by atoms with Crippen molar-refractivity contribution in [2.24, 2.45) is 5.92 Å². The van der Waals surface area contributed by atoms with Gasteiger partial charge in [-0.1, -0.05) is 54.1 Å². The maximum Gasteiger partial charge on any atom is 0.229 e. The lowest BCUT2D eigenvalue weighted by atomic mass is 9.95. The van der Waals surface area contributed by atoms with E-state index in [4.69, 9.17) is 11.6 Å². The second kappa shape index (κ2) is 8.84. The average Bonchev–Trinajstić information content (AvgIpc) is 2.76. The summed E-state index contributed by atoms with van der Waals surface area (Å²) >= 11 is 5.76. The molecule has 154 valence electrons. The molecule has 0 bridgehead atoms. The molecule has 3 aromatic rings. The van der Waals surface area contributed by atoms with Gasteiger partial charge in [0.25, 0.3) is 0 Å². The zero-order valence-electron chi connectivity index (χ0n) is 16.4. The molecule has 1 unspecified atom stereocenters. The number of hydrogen-bond acceptors (Lipinski definition) is 2. The SMILES string of the molecule is O=C(Nc1ccc(Cl)cc1F)C1CCCN(C(=O)Cc2cccc3ccccc23)C1. The van der Waals surface area contributed by atoms with Gasteiger partial charge in [0.05, 0.1) is 18.0 Å². The fourth-order valence-corrected chi connectivity index (χ4v) is 4.12. The van der Waals surface area contributed by atoms with Crippen LogP contribution in [-0.4, -0.2) is 29.8 Å². The van der Waals surface area contributed by atoms with Crippen LogP contribution in [0.1, 0.15) is 18.4 Å². The Morgan fingerprint density at radius 2 is 1.90 bits per heavy atom. The van der Waals surface area contributed by atoms with Gasteiger partial charge in [-0.15, -0.1) is 0 Å². The molecule has 1 aliphatic rings. The number of anilines is 1. The second-order valence-electron chi connectivity index (χ2n) is 7.61. The monoisotopic (exact) mass is 424 g/mol. The van der Waals surface area contributed by atoms with Crippen LogP contribution in [-0.2, 0) is 16.0 Å². The number of rotatable bonds is 4. The predicted molar refractivity (Wildman–Crippen MR) is 117 cm³/mol. The third-order valence-electron chi connectivity index (χ3n) is 5.56. The Labute approximate surface area is 179 Å². The Morgan fingerprint density at radius 1 is 1.10 bits per heavy atom. The van der Waals surface area contributed by atoms with Gasteiger partial charge in [-0.05, 0) is 47.4 Å². The van der Waals surface area contributed by atoms with Crippen molar-refractivity contribution in [2.75, 3.05) is 18.4 Å². The Bertz CT molecular complexity index is 1100. The van der Waals surface area contributed by atoms with Crippen LogP contribution in [0.5, 0.6) is 0 Å². The zero-order chi connectivity index (χ0) is 21.1. The van der Waals surface area contributed by atoms with Gasteiger partial charge in [0.15, 0.2) is 0 Å². The summed E-state index contributed by atoms with van der Waals surface area (Å²) < 4.78 is 14.0. The molecule has 0 aromatic heterocycles. The van der Waals surface area contributed by atoms with E-state index in [9.17, 15) is 14.0 Å². The first-order valence-electron chi connectivity index (χ1n) is 10.0. The molecule has 3 aromatic carbocycles. The van der Waals surface area contributed by atoms with Gasteiger partial charge >= 0.3 is 0 Å². The van der Waals surface area contributed by atoms with Crippen molar-refractivity contribution in [1.82, 2.24) is 4.90 Å². The molecule has 4 nitrogen and oxygen atoms in total. The molecular weight excluding hydrogens is 403 g/mol. The van der Waals surface area contributed by atoms with Crippen LogP contribution in [0.4, 0.5) is 10.1 Å². The lowest BCUT2D eigenvalue weighted by Gasteiger charge is -2.32. The molecule has 6 heteroatoms. The number of fused-ring (bicyclic) bond motifs is 1. The molecule has 2 amide bonds. The highest BCUT2D eigenvalue weighted by Crippen LogP contribution is 2.24. The van der Waals surface area contributed by atoms with Gasteiger partial charge in [0.2, 0.25) is 11.8 Å². The molecule has 1 fully saturated rings. The minimum Gasteiger partial charge on any atom is -0.342 e. The van der Waals surface area contributed by atoms with Crippen LogP contribution < -0.4 is 5.32 Å². The van der Waals surface area contributed by atoms with E-state index in [1.54, 1.807) is 4.90 Å². The molecule has 4 rings (SSSR count). The van der Waals surface area contributed by atoms with E-state index < -0.39 is 5.82 Å². The van der Waals surface area contributed by atoms with Crippen LogP contribution in [0.25, 0.3) is 10.8 Å². The number of nitrogens with zero attached hydrogens (tertiary/aromatic N) is 1. The van der Waals surface area contributed by atoms with Crippen LogP contribution in [0, 0.1) is 11.7 Å². The number of carbonyl (C=O) groups is 2. The van der Waals surface area contributed by atoms with Crippen molar-refractivity contribution >= 4 is 39.9 Å². The Kier molecular flexibility index (Phi) is 6.00. The van der Waals surface area contributed by atoms with Crippen molar-refractivity contribution in [1.29, 1.82) is 0 Å². The highest BCUT2D eigenvalue weighted by atomic mass is 35.5.